The van der Waals surface area contributed by atoms with Gasteiger partial charge < -0.3 is 23.8 Å². The average molecular weight is 374 g/mol. The minimum absolute atomic E-state index is 0.0639. The summed E-state index contributed by atoms with van der Waals surface area (Å²) in [6.45, 7) is 2.49. The second-order valence-electron chi connectivity index (χ2n) is 5.74. The first kappa shape index (κ1) is 20.2. The van der Waals surface area contributed by atoms with Gasteiger partial charge in [0.2, 0.25) is 0 Å². The van der Waals surface area contributed by atoms with Gasteiger partial charge in [0.25, 0.3) is 11.5 Å². The molecular formula is C19H22N2O6. The van der Waals surface area contributed by atoms with Crippen molar-refractivity contribution in [2.45, 2.75) is 6.92 Å². The number of nitrogens with one attached hydrogen (secondary N) is 1. The third-order valence-corrected chi connectivity index (χ3v) is 3.94. The Morgan fingerprint density at radius 2 is 2.04 bits per heavy atom. The van der Waals surface area contributed by atoms with E-state index >= 15 is 0 Å². The first-order valence-corrected chi connectivity index (χ1v) is 8.23. The number of aromatic nitrogens is 1. The van der Waals surface area contributed by atoms with Crippen molar-refractivity contribution in [3.63, 3.8) is 0 Å². The van der Waals surface area contributed by atoms with E-state index in [-0.39, 0.29) is 23.0 Å². The number of rotatable bonds is 8. The van der Waals surface area contributed by atoms with Crippen LogP contribution in [0, 0.1) is 6.92 Å². The van der Waals surface area contributed by atoms with Crippen LogP contribution >= 0.6 is 0 Å². The molecule has 0 aromatic carbocycles. The monoisotopic (exact) mass is 374 g/mol. The number of hydrogen-bond donors (Lipinski definition) is 1. The van der Waals surface area contributed by atoms with Crippen molar-refractivity contribution >= 4 is 17.8 Å². The summed E-state index contributed by atoms with van der Waals surface area (Å²) in [6.07, 6.45) is 2.60. The summed E-state index contributed by atoms with van der Waals surface area (Å²) in [6, 6.07) is 4.68. The highest BCUT2D eigenvalue weighted by Crippen LogP contribution is 2.18. The van der Waals surface area contributed by atoms with Crippen molar-refractivity contribution in [3.05, 3.63) is 57.4 Å². The van der Waals surface area contributed by atoms with Crippen molar-refractivity contribution in [2.24, 2.45) is 7.05 Å². The fourth-order valence-corrected chi connectivity index (χ4v) is 2.34. The quantitative estimate of drug-likeness (QED) is 0.428. The van der Waals surface area contributed by atoms with Gasteiger partial charge in [-0.3, -0.25) is 14.4 Å². The molecule has 0 spiro atoms. The molecule has 0 radical (unpaired) electrons. The van der Waals surface area contributed by atoms with Gasteiger partial charge in [-0.05, 0) is 31.2 Å². The lowest BCUT2D eigenvalue weighted by atomic mass is 10.1. The van der Waals surface area contributed by atoms with Crippen LogP contribution in [0.15, 0.2) is 33.5 Å². The van der Waals surface area contributed by atoms with Crippen LogP contribution < -0.4 is 15.6 Å². The van der Waals surface area contributed by atoms with E-state index in [2.05, 4.69) is 5.32 Å². The SMILES string of the molecule is COCCNC(=O)c1ccc(/C=C/C(=O)c2c(OC)cc(C)n(C)c2=O)o1. The molecule has 0 saturated heterocycles. The zero-order chi connectivity index (χ0) is 20.0. The topological polar surface area (TPSA) is 99.8 Å². The number of nitrogens with zero attached hydrogens (tertiary/aromatic N) is 1. The molecule has 1 N–H and O–H groups in total. The molecule has 0 fully saturated rings. The van der Waals surface area contributed by atoms with Crippen LogP contribution in [-0.2, 0) is 11.8 Å². The number of pyridine rings is 1. The van der Waals surface area contributed by atoms with E-state index in [1.165, 1.54) is 37.0 Å². The van der Waals surface area contributed by atoms with E-state index in [1.54, 1.807) is 26.1 Å². The van der Waals surface area contributed by atoms with E-state index in [4.69, 9.17) is 13.9 Å². The zero-order valence-corrected chi connectivity index (χ0v) is 15.7. The van der Waals surface area contributed by atoms with Gasteiger partial charge in [0.05, 0.1) is 13.7 Å². The number of carbonyl (C=O) groups is 2. The number of ether oxygens (including phenoxy) is 2. The largest absolute Gasteiger partial charge is 0.496 e. The van der Waals surface area contributed by atoms with Crippen LogP contribution in [-0.4, -0.2) is 43.6 Å². The van der Waals surface area contributed by atoms with E-state index in [1.807, 2.05) is 0 Å². The normalized spacial score (nSPS) is 11.0. The lowest BCUT2D eigenvalue weighted by Gasteiger charge is -2.10. The third kappa shape index (κ3) is 4.73. The van der Waals surface area contributed by atoms with Crippen molar-refractivity contribution in [2.75, 3.05) is 27.4 Å². The second kappa shape index (κ2) is 9.00. The van der Waals surface area contributed by atoms with Crippen molar-refractivity contribution < 1.29 is 23.5 Å². The summed E-state index contributed by atoms with van der Waals surface area (Å²) in [7, 11) is 4.52. The molecule has 144 valence electrons. The van der Waals surface area contributed by atoms with Crippen molar-refractivity contribution in [1.29, 1.82) is 0 Å². The van der Waals surface area contributed by atoms with Gasteiger partial charge in [-0.1, -0.05) is 0 Å². The van der Waals surface area contributed by atoms with E-state index in [9.17, 15) is 14.4 Å². The Hall–Kier alpha value is -3.13. The highest BCUT2D eigenvalue weighted by atomic mass is 16.5. The Bertz CT molecular complexity index is 923. The molecule has 27 heavy (non-hydrogen) atoms. The maximum absolute atomic E-state index is 12.5. The molecule has 0 saturated carbocycles. The van der Waals surface area contributed by atoms with E-state index in [0.29, 0.717) is 24.6 Å². The predicted molar refractivity (Wildman–Crippen MR) is 99.3 cm³/mol. The highest BCUT2D eigenvalue weighted by Gasteiger charge is 2.17. The number of hydrogen-bond acceptors (Lipinski definition) is 6. The molecule has 0 aliphatic carbocycles. The molecule has 0 bridgehead atoms. The van der Waals surface area contributed by atoms with Gasteiger partial charge in [0.15, 0.2) is 11.5 Å². The summed E-state index contributed by atoms with van der Waals surface area (Å²) >= 11 is 0. The van der Waals surface area contributed by atoms with Gasteiger partial charge in [0.1, 0.15) is 17.1 Å². The smallest absolute Gasteiger partial charge is 0.287 e. The first-order chi connectivity index (χ1) is 12.9. The van der Waals surface area contributed by atoms with Crippen LogP contribution in [0.1, 0.15) is 32.4 Å². The van der Waals surface area contributed by atoms with Gasteiger partial charge in [0, 0.05) is 32.5 Å². The number of aryl methyl sites for hydroxylation is 1. The van der Waals surface area contributed by atoms with Crippen LogP contribution in [0.4, 0.5) is 0 Å². The minimum Gasteiger partial charge on any atom is -0.496 e. The summed E-state index contributed by atoms with van der Waals surface area (Å²) in [4.78, 5) is 36.7. The van der Waals surface area contributed by atoms with Crippen LogP contribution in [0.5, 0.6) is 5.75 Å². The van der Waals surface area contributed by atoms with Gasteiger partial charge in [-0.15, -0.1) is 0 Å². The number of ketones is 1. The van der Waals surface area contributed by atoms with Gasteiger partial charge in [-0.25, -0.2) is 0 Å². The summed E-state index contributed by atoms with van der Waals surface area (Å²) in [5, 5.41) is 2.63. The molecule has 2 rings (SSSR count). The summed E-state index contributed by atoms with van der Waals surface area (Å²) in [5.41, 5.74) is 0.164. The van der Waals surface area contributed by atoms with Crippen LogP contribution in [0.25, 0.3) is 6.08 Å². The lowest BCUT2D eigenvalue weighted by Crippen LogP contribution is -2.26. The maximum atomic E-state index is 12.5. The molecule has 1 amide bonds. The van der Waals surface area contributed by atoms with E-state index in [0.717, 1.165) is 0 Å². The molecule has 0 unspecified atom stereocenters. The summed E-state index contributed by atoms with van der Waals surface area (Å²) in [5.74, 6) is -0.268. The Morgan fingerprint density at radius 3 is 2.70 bits per heavy atom. The molecule has 2 aromatic rings. The fourth-order valence-electron chi connectivity index (χ4n) is 2.34. The Labute approximate surface area is 156 Å². The maximum Gasteiger partial charge on any atom is 0.287 e. The zero-order valence-electron chi connectivity index (χ0n) is 15.7. The average Bonchev–Trinajstić information content (AvgIpc) is 3.13. The minimum atomic E-state index is -0.519. The van der Waals surface area contributed by atoms with Crippen LogP contribution in [0.3, 0.4) is 0 Å². The third-order valence-electron chi connectivity index (χ3n) is 3.94. The standard InChI is InChI=1S/C19H22N2O6/c1-12-11-16(26-4)17(19(24)21(12)2)14(22)7-5-13-6-8-15(27-13)18(23)20-9-10-25-3/h5-8,11H,9-10H2,1-4H3,(H,20,23)/b7-5+. The number of furan rings is 1. The predicted octanol–water partition coefficient (Wildman–Crippen LogP) is 1.57. The van der Waals surface area contributed by atoms with Crippen molar-refractivity contribution in [3.8, 4) is 5.75 Å². The molecular weight excluding hydrogens is 352 g/mol. The lowest BCUT2D eigenvalue weighted by molar-refractivity contribution is 0.0909. The molecule has 0 aliphatic rings. The van der Waals surface area contributed by atoms with Crippen molar-refractivity contribution in [1.82, 2.24) is 9.88 Å². The molecule has 2 aromatic heterocycles. The molecule has 8 nitrogen and oxygen atoms in total. The van der Waals surface area contributed by atoms with Crippen LogP contribution in [0.2, 0.25) is 0 Å². The number of amides is 1. The molecule has 8 heteroatoms. The Kier molecular flexibility index (Phi) is 6.73. The number of methoxy groups -OCH3 is 2. The van der Waals surface area contributed by atoms with E-state index < -0.39 is 11.3 Å². The highest BCUT2D eigenvalue weighted by molar-refractivity contribution is 6.08. The molecule has 0 atom stereocenters. The Balaban J connectivity index is 2.18. The van der Waals surface area contributed by atoms with Gasteiger partial charge in [-0.2, -0.15) is 0 Å². The van der Waals surface area contributed by atoms with Gasteiger partial charge >= 0.3 is 0 Å². The second-order valence-corrected chi connectivity index (χ2v) is 5.74. The fraction of sp³-hybridized carbons (Fsp3) is 0.316. The number of allylic oxidation sites excluding steroid dienone is 1. The first-order valence-electron chi connectivity index (χ1n) is 8.23. The molecule has 2 heterocycles. The Morgan fingerprint density at radius 1 is 1.30 bits per heavy atom. The summed E-state index contributed by atoms with van der Waals surface area (Å²) < 4.78 is 16.8. The number of carbonyl (C=O) groups excluding carboxylic acids is 2. The molecule has 0 aliphatic heterocycles.